The van der Waals surface area contributed by atoms with Gasteiger partial charge in [-0.25, -0.2) is 0 Å². The fourth-order valence-electron chi connectivity index (χ4n) is 2.17. The van der Waals surface area contributed by atoms with Gasteiger partial charge >= 0.3 is 0 Å². The van der Waals surface area contributed by atoms with Gasteiger partial charge in [0.15, 0.2) is 0 Å². The normalized spacial score (nSPS) is 20.3. The van der Waals surface area contributed by atoms with Crippen molar-refractivity contribution in [1.82, 2.24) is 10.6 Å². The van der Waals surface area contributed by atoms with E-state index in [4.69, 9.17) is 5.26 Å². The molecule has 0 saturated heterocycles. The zero-order chi connectivity index (χ0) is 17.8. The largest absolute Gasteiger partial charge is 0.351 e. The van der Waals surface area contributed by atoms with E-state index >= 15 is 0 Å². The van der Waals surface area contributed by atoms with Gasteiger partial charge in [-0.05, 0) is 20.3 Å². The Bertz CT molecular complexity index is 623. The number of carbonyl (C=O) groups excluding carboxylic acids is 2. The van der Waals surface area contributed by atoms with Crippen molar-refractivity contribution in [3.05, 3.63) is 10.6 Å². The third-order valence-electron chi connectivity index (χ3n) is 4.04. The molecule has 2 amide bonds. The molecular formula is C16H22N4O2S. The lowest BCUT2D eigenvalue weighted by Gasteiger charge is -2.34. The molecule has 0 aromatic heterocycles. The molecule has 7 heteroatoms. The highest BCUT2D eigenvalue weighted by Gasteiger charge is 2.44. The highest BCUT2D eigenvalue weighted by atomic mass is 32.2. The zero-order valence-electron chi connectivity index (χ0n) is 14.1. The van der Waals surface area contributed by atoms with E-state index in [0.717, 1.165) is 18.2 Å². The maximum Gasteiger partial charge on any atom is 0.243 e. The minimum Gasteiger partial charge on any atom is -0.351 e. The minimum atomic E-state index is -0.922. The summed E-state index contributed by atoms with van der Waals surface area (Å²) in [6.07, 6.45) is 0.795. The van der Waals surface area contributed by atoms with Gasteiger partial charge in [-0.1, -0.05) is 32.5 Å². The number of amides is 2. The fourth-order valence-corrected chi connectivity index (χ4v) is 3.15. The van der Waals surface area contributed by atoms with Crippen molar-refractivity contribution in [2.24, 2.45) is 11.3 Å². The second kappa shape index (κ2) is 7.06. The van der Waals surface area contributed by atoms with E-state index < -0.39 is 17.2 Å². The molecule has 1 aliphatic rings. The van der Waals surface area contributed by atoms with E-state index in [0.29, 0.717) is 10.6 Å². The topological polar surface area (TPSA) is 106 Å². The molecule has 0 aromatic carbocycles. The molecule has 0 bridgehead atoms. The average molecular weight is 334 g/mol. The second-order valence-corrected chi connectivity index (χ2v) is 7.65. The molecule has 124 valence electrons. The highest BCUT2D eigenvalue weighted by Crippen LogP contribution is 2.41. The number of allylic oxidation sites excluding steroid dienone is 1. The summed E-state index contributed by atoms with van der Waals surface area (Å²) < 4.78 is 0. The molecule has 1 heterocycles. The molecule has 1 aliphatic heterocycles. The van der Waals surface area contributed by atoms with Gasteiger partial charge in [0, 0.05) is 11.0 Å². The van der Waals surface area contributed by atoms with E-state index in [1.807, 2.05) is 26.8 Å². The summed E-state index contributed by atoms with van der Waals surface area (Å²) in [7, 11) is 0. The summed E-state index contributed by atoms with van der Waals surface area (Å²) >= 11 is 1.11. The van der Waals surface area contributed by atoms with Gasteiger partial charge in [0.1, 0.15) is 5.92 Å². The van der Waals surface area contributed by atoms with Crippen LogP contribution in [0.4, 0.5) is 0 Å². The maximum absolute atomic E-state index is 12.0. The van der Waals surface area contributed by atoms with Crippen LogP contribution in [-0.4, -0.2) is 23.1 Å². The second-order valence-electron chi connectivity index (χ2n) is 6.66. The van der Waals surface area contributed by atoms with Crippen LogP contribution in [0.2, 0.25) is 0 Å². The van der Waals surface area contributed by atoms with E-state index in [2.05, 4.69) is 16.7 Å². The lowest BCUT2D eigenvalue weighted by atomic mass is 9.72. The Kier molecular flexibility index (Phi) is 5.85. The Labute approximate surface area is 141 Å². The van der Waals surface area contributed by atoms with Gasteiger partial charge in [-0.15, -0.1) is 0 Å². The first-order valence-corrected chi connectivity index (χ1v) is 8.36. The van der Waals surface area contributed by atoms with Crippen molar-refractivity contribution >= 4 is 23.6 Å². The molecule has 0 unspecified atom stereocenters. The quantitative estimate of drug-likeness (QED) is 0.800. The predicted molar refractivity (Wildman–Crippen MR) is 88.6 cm³/mol. The summed E-state index contributed by atoms with van der Waals surface area (Å²) in [6, 6.07) is 4.02. The molecule has 2 N–H and O–H groups in total. The van der Waals surface area contributed by atoms with Gasteiger partial charge in [0.2, 0.25) is 11.8 Å². The minimum absolute atomic E-state index is 0.0948. The number of hydrogen-bond acceptors (Lipinski definition) is 5. The SMILES string of the molecule is CCC(C)(C)NC(=O)CSC1=C(C#N)C(C)(C)[C@H](C#N)C(=O)N1. The molecule has 1 atom stereocenters. The number of hydrogen-bond donors (Lipinski definition) is 2. The molecule has 6 nitrogen and oxygen atoms in total. The number of thioether (sulfide) groups is 1. The van der Waals surface area contributed by atoms with Gasteiger partial charge in [-0.2, -0.15) is 10.5 Å². The van der Waals surface area contributed by atoms with Crippen molar-refractivity contribution in [2.75, 3.05) is 5.75 Å². The highest BCUT2D eigenvalue weighted by molar-refractivity contribution is 8.03. The van der Waals surface area contributed by atoms with Gasteiger partial charge in [-0.3, -0.25) is 9.59 Å². The van der Waals surface area contributed by atoms with E-state index in [9.17, 15) is 14.9 Å². The van der Waals surface area contributed by atoms with Crippen molar-refractivity contribution in [2.45, 2.75) is 46.6 Å². The van der Waals surface area contributed by atoms with Crippen molar-refractivity contribution in [3.63, 3.8) is 0 Å². The van der Waals surface area contributed by atoms with Crippen LogP contribution >= 0.6 is 11.8 Å². The number of nitriles is 2. The Morgan fingerprint density at radius 2 is 2.04 bits per heavy atom. The monoisotopic (exact) mass is 334 g/mol. The molecule has 23 heavy (non-hydrogen) atoms. The van der Waals surface area contributed by atoms with Crippen LogP contribution < -0.4 is 10.6 Å². The first-order valence-electron chi connectivity index (χ1n) is 7.38. The number of nitrogens with zero attached hydrogens (tertiary/aromatic N) is 2. The van der Waals surface area contributed by atoms with E-state index in [1.54, 1.807) is 13.8 Å². The Hall–Kier alpha value is -1.99. The molecule has 0 radical (unpaired) electrons. The third kappa shape index (κ3) is 4.27. The van der Waals surface area contributed by atoms with Crippen molar-refractivity contribution in [1.29, 1.82) is 10.5 Å². The number of nitrogens with one attached hydrogen (secondary N) is 2. The van der Waals surface area contributed by atoms with Gasteiger partial charge < -0.3 is 10.6 Å². The van der Waals surface area contributed by atoms with Crippen LogP contribution in [0.25, 0.3) is 0 Å². The van der Waals surface area contributed by atoms with Gasteiger partial charge in [0.05, 0.1) is 28.5 Å². The van der Waals surface area contributed by atoms with E-state index in [1.165, 1.54) is 0 Å². The third-order valence-corrected chi connectivity index (χ3v) is 5.04. The lowest BCUT2D eigenvalue weighted by Crippen LogP contribution is -2.45. The standard InChI is InChI=1S/C16H22N4O2S/c1-6-15(2,3)20-12(21)9-23-14-11(8-18)16(4,5)10(7-17)13(22)19-14/h10H,6,9H2,1-5H3,(H,19,22)(H,20,21)/t10-/m1/s1. The summed E-state index contributed by atoms with van der Waals surface area (Å²) in [5, 5.41) is 24.4. The first-order chi connectivity index (χ1) is 10.6. The van der Waals surface area contributed by atoms with Crippen LogP contribution in [0.15, 0.2) is 10.6 Å². The summed E-state index contributed by atoms with van der Waals surface area (Å²) in [5.74, 6) is -1.43. The fraction of sp³-hybridized carbons (Fsp3) is 0.625. The molecule has 1 rings (SSSR count). The Morgan fingerprint density at radius 1 is 1.43 bits per heavy atom. The molecular weight excluding hydrogens is 312 g/mol. The number of carbonyl (C=O) groups is 2. The van der Waals surface area contributed by atoms with Crippen LogP contribution in [0.1, 0.15) is 41.0 Å². The van der Waals surface area contributed by atoms with Crippen LogP contribution in [-0.2, 0) is 9.59 Å². The average Bonchev–Trinajstić information content (AvgIpc) is 2.44. The molecule has 0 fully saturated rings. The first kappa shape index (κ1) is 19.1. The zero-order valence-corrected chi connectivity index (χ0v) is 14.9. The summed E-state index contributed by atoms with van der Waals surface area (Å²) in [4.78, 5) is 24.1. The number of rotatable bonds is 5. The molecule has 0 aromatic rings. The summed E-state index contributed by atoms with van der Waals surface area (Å²) in [6.45, 7) is 9.23. The van der Waals surface area contributed by atoms with Crippen molar-refractivity contribution in [3.8, 4) is 12.1 Å². The Morgan fingerprint density at radius 3 is 2.52 bits per heavy atom. The predicted octanol–water partition coefficient (Wildman–Crippen LogP) is 2.06. The van der Waals surface area contributed by atoms with Gasteiger partial charge in [0.25, 0.3) is 0 Å². The van der Waals surface area contributed by atoms with Crippen LogP contribution in [0.5, 0.6) is 0 Å². The van der Waals surface area contributed by atoms with Crippen molar-refractivity contribution < 1.29 is 9.59 Å². The lowest BCUT2D eigenvalue weighted by molar-refractivity contribution is -0.125. The van der Waals surface area contributed by atoms with Crippen LogP contribution in [0, 0.1) is 34.0 Å². The molecule has 0 spiro atoms. The molecule has 0 aliphatic carbocycles. The smallest absolute Gasteiger partial charge is 0.243 e. The van der Waals surface area contributed by atoms with Crippen LogP contribution in [0.3, 0.4) is 0 Å². The maximum atomic E-state index is 12.0. The summed E-state index contributed by atoms with van der Waals surface area (Å²) in [5.41, 5.74) is -0.852. The van der Waals surface area contributed by atoms with E-state index in [-0.39, 0.29) is 17.2 Å². The molecule has 0 saturated carbocycles. The Balaban J connectivity index is 2.93.